The lowest BCUT2D eigenvalue weighted by atomic mass is 10.1. The Balaban J connectivity index is 1.89. The largest absolute Gasteiger partial charge is 0.361 e. The summed E-state index contributed by atoms with van der Waals surface area (Å²) in [5.74, 6) is 0.652. The van der Waals surface area contributed by atoms with Crippen molar-refractivity contribution >= 4 is 15.8 Å². The Morgan fingerprint density at radius 3 is 2.67 bits per heavy atom. The Kier molecular flexibility index (Phi) is 3.38. The van der Waals surface area contributed by atoms with Crippen molar-refractivity contribution in [3.05, 3.63) is 47.3 Å². The van der Waals surface area contributed by atoms with Crippen LogP contribution in [-0.2, 0) is 23.0 Å². The number of fused-ring (bicyclic) bond motifs is 1. The number of ketones is 1. The highest BCUT2D eigenvalue weighted by molar-refractivity contribution is 7.89. The quantitative estimate of drug-likeness (QED) is 0.805. The first-order valence-corrected chi connectivity index (χ1v) is 7.96. The molecule has 110 valence electrons. The van der Waals surface area contributed by atoms with E-state index in [1.165, 1.54) is 35.5 Å². The van der Waals surface area contributed by atoms with Crippen molar-refractivity contribution in [2.24, 2.45) is 0 Å². The summed E-state index contributed by atoms with van der Waals surface area (Å²) in [7, 11) is -3.57. The van der Waals surface area contributed by atoms with Gasteiger partial charge in [0.25, 0.3) is 0 Å². The van der Waals surface area contributed by atoms with E-state index in [0.717, 1.165) is 11.3 Å². The zero-order chi connectivity index (χ0) is 15.0. The van der Waals surface area contributed by atoms with Crippen LogP contribution in [0.25, 0.3) is 0 Å². The summed E-state index contributed by atoms with van der Waals surface area (Å²) < 4.78 is 31.6. The Bertz CT molecular complexity index is 778. The molecule has 1 aromatic carbocycles. The molecule has 0 saturated carbocycles. The van der Waals surface area contributed by atoms with E-state index in [9.17, 15) is 13.2 Å². The molecule has 7 heteroatoms. The van der Waals surface area contributed by atoms with Crippen molar-refractivity contribution in [2.75, 3.05) is 6.54 Å². The van der Waals surface area contributed by atoms with Gasteiger partial charge < -0.3 is 4.52 Å². The molecule has 0 saturated heterocycles. The zero-order valence-electron chi connectivity index (χ0n) is 11.4. The van der Waals surface area contributed by atoms with Crippen molar-refractivity contribution in [3.8, 4) is 0 Å². The first-order valence-electron chi connectivity index (χ1n) is 6.52. The van der Waals surface area contributed by atoms with Gasteiger partial charge in [0.15, 0.2) is 5.78 Å². The molecule has 0 bridgehead atoms. The fourth-order valence-electron chi connectivity index (χ4n) is 2.33. The number of hydrogen-bond acceptors (Lipinski definition) is 5. The van der Waals surface area contributed by atoms with Crippen LogP contribution in [0.2, 0.25) is 0 Å². The van der Waals surface area contributed by atoms with Crippen molar-refractivity contribution in [1.29, 1.82) is 0 Å². The Morgan fingerprint density at radius 1 is 1.29 bits per heavy atom. The number of Topliss-reactive ketones (excluding diaryl/α,β-unsaturated/α-hetero) is 1. The third kappa shape index (κ3) is 2.50. The topological polar surface area (TPSA) is 80.5 Å². The molecule has 1 aliphatic rings. The molecule has 0 atom stereocenters. The van der Waals surface area contributed by atoms with Gasteiger partial charge in [-0.1, -0.05) is 17.3 Å². The Hall–Kier alpha value is -1.99. The lowest BCUT2D eigenvalue weighted by Crippen LogP contribution is -2.35. The minimum atomic E-state index is -3.57. The van der Waals surface area contributed by atoms with E-state index in [4.69, 9.17) is 4.52 Å². The summed E-state index contributed by atoms with van der Waals surface area (Å²) in [6, 6.07) is 6.00. The summed E-state index contributed by atoms with van der Waals surface area (Å²) in [5, 5.41) is 3.69. The molecule has 21 heavy (non-hydrogen) atoms. The van der Waals surface area contributed by atoms with Crippen LogP contribution in [0, 0.1) is 0 Å². The number of nitrogens with zero attached hydrogens (tertiary/aromatic N) is 2. The van der Waals surface area contributed by atoms with Gasteiger partial charge in [-0.15, -0.1) is 0 Å². The SMILES string of the molecule is CC(=O)c1ccc(S(=O)(=O)N2CCc3oncc3C2)cc1. The minimum absolute atomic E-state index is 0.0916. The third-order valence-corrected chi connectivity index (χ3v) is 5.42. The number of benzene rings is 1. The number of rotatable bonds is 3. The monoisotopic (exact) mass is 306 g/mol. The smallest absolute Gasteiger partial charge is 0.243 e. The van der Waals surface area contributed by atoms with Gasteiger partial charge in [-0.2, -0.15) is 4.31 Å². The molecule has 0 spiro atoms. The average molecular weight is 306 g/mol. The molecule has 0 unspecified atom stereocenters. The normalized spacial score (nSPS) is 15.7. The maximum absolute atomic E-state index is 12.6. The van der Waals surface area contributed by atoms with Gasteiger partial charge in [0.05, 0.1) is 11.1 Å². The standard InChI is InChI=1S/C14H14N2O4S/c1-10(17)11-2-4-13(5-3-11)21(18,19)16-7-6-14-12(9-16)8-15-20-14/h2-5,8H,6-7,9H2,1H3. The first-order chi connectivity index (χ1) is 9.98. The molecular formula is C14H14N2O4S. The molecule has 6 nitrogen and oxygen atoms in total. The van der Waals surface area contributed by atoms with Gasteiger partial charge in [0, 0.05) is 30.6 Å². The third-order valence-electron chi connectivity index (χ3n) is 3.56. The van der Waals surface area contributed by atoms with Gasteiger partial charge in [-0.05, 0) is 19.1 Å². The summed E-state index contributed by atoms with van der Waals surface area (Å²) in [5.41, 5.74) is 1.29. The fourth-order valence-corrected chi connectivity index (χ4v) is 3.75. The fraction of sp³-hybridized carbons (Fsp3) is 0.286. The van der Waals surface area contributed by atoms with Crippen LogP contribution in [0.4, 0.5) is 0 Å². The predicted octanol–water partition coefficient (Wildman–Crippen LogP) is 1.62. The lowest BCUT2D eigenvalue weighted by molar-refractivity contribution is 0.101. The van der Waals surface area contributed by atoms with Crippen molar-refractivity contribution in [2.45, 2.75) is 24.8 Å². The van der Waals surface area contributed by atoms with Gasteiger partial charge in [0.2, 0.25) is 10.0 Å². The maximum atomic E-state index is 12.6. The van der Waals surface area contributed by atoms with E-state index >= 15 is 0 Å². The minimum Gasteiger partial charge on any atom is -0.361 e. The van der Waals surface area contributed by atoms with Crippen molar-refractivity contribution < 1.29 is 17.7 Å². The van der Waals surface area contributed by atoms with Crippen molar-refractivity contribution in [3.63, 3.8) is 0 Å². The van der Waals surface area contributed by atoms with Gasteiger partial charge in [-0.25, -0.2) is 8.42 Å². The molecule has 2 aromatic rings. The summed E-state index contributed by atoms with van der Waals surface area (Å²) in [6.07, 6.45) is 2.07. The van der Waals surface area contributed by atoms with Crippen LogP contribution in [0.5, 0.6) is 0 Å². The van der Waals surface area contributed by atoms with Crippen LogP contribution in [-0.4, -0.2) is 30.2 Å². The first kappa shape index (κ1) is 14.0. The zero-order valence-corrected chi connectivity index (χ0v) is 12.3. The van der Waals surface area contributed by atoms with Gasteiger partial charge in [0.1, 0.15) is 5.76 Å². The lowest BCUT2D eigenvalue weighted by Gasteiger charge is -2.24. The van der Waals surface area contributed by atoms with Crippen LogP contribution in [0.15, 0.2) is 39.9 Å². The molecule has 0 fully saturated rings. The average Bonchev–Trinajstić information content (AvgIpc) is 2.94. The second-order valence-electron chi connectivity index (χ2n) is 4.94. The number of aromatic nitrogens is 1. The molecule has 0 radical (unpaired) electrons. The number of sulfonamides is 1. The van der Waals surface area contributed by atoms with E-state index < -0.39 is 10.0 Å². The Morgan fingerprint density at radius 2 is 2.00 bits per heavy atom. The van der Waals surface area contributed by atoms with E-state index in [1.54, 1.807) is 6.20 Å². The summed E-state index contributed by atoms with van der Waals surface area (Å²) in [6.45, 7) is 2.07. The van der Waals surface area contributed by atoms with Crippen LogP contribution in [0.3, 0.4) is 0 Å². The number of hydrogen-bond donors (Lipinski definition) is 0. The van der Waals surface area contributed by atoms with Crippen LogP contribution >= 0.6 is 0 Å². The van der Waals surface area contributed by atoms with E-state index in [0.29, 0.717) is 18.5 Å². The molecule has 0 amide bonds. The van der Waals surface area contributed by atoms with Gasteiger partial charge >= 0.3 is 0 Å². The Labute approximate surface area is 122 Å². The highest BCUT2D eigenvalue weighted by Crippen LogP contribution is 2.24. The van der Waals surface area contributed by atoms with Crippen LogP contribution in [0.1, 0.15) is 28.6 Å². The second-order valence-corrected chi connectivity index (χ2v) is 6.88. The van der Waals surface area contributed by atoms with E-state index in [2.05, 4.69) is 5.16 Å². The van der Waals surface area contributed by atoms with E-state index in [1.807, 2.05) is 0 Å². The van der Waals surface area contributed by atoms with E-state index in [-0.39, 0.29) is 17.2 Å². The highest BCUT2D eigenvalue weighted by atomic mass is 32.2. The molecule has 0 aliphatic carbocycles. The molecular weight excluding hydrogens is 292 g/mol. The number of carbonyl (C=O) groups is 1. The van der Waals surface area contributed by atoms with Gasteiger partial charge in [-0.3, -0.25) is 4.79 Å². The second kappa shape index (κ2) is 5.09. The summed E-state index contributed by atoms with van der Waals surface area (Å²) in [4.78, 5) is 11.4. The number of carbonyl (C=O) groups excluding carboxylic acids is 1. The molecule has 3 rings (SSSR count). The molecule has 1 aliphatic heterocycles. The highest BCUT2D eigenvalue weighted by Gasteiger charge is 2.30. The summed E-state index contributed by atoms with van der Waals surface area (Å²) >= 11 is 0. The predicted molar refractivity (Wildman–Crippen MR) is 74.2 cm³/mol. The molecule has 0 N–H and O–H groups in total. The maximum Gasteiger partial charge on any atom is 0.243 e. The molecule has 1 aromatic heterocycles. The van der Waals surface area contributed by atoms with Crippen molar-refractivity contribution in [1.82, 2.24) is 9.46 Å². The molecule has 2 heterocycles. The van der Waals surface area contributed by atoms with Crippen LogP contribution < -0.4 is 0 Å².